The van der Waals surface area contributed by atoms with Crippen LogP contribution in [0.15, 0.2) is 42.5 Å². The molecule has 0 radical (unpaired) electrons. The van der Waals surface area contributed by atoms with Crippen molar-refractivity contribution in [1.82, 2.24) is 0 Å². The lowest BCUT2D eigenvalue weighted by Gasteiger charge is -2.31. The number of benzene rings is 2. The molecule has 2 aromatic rings. The molecule has 21 heavy (non-hydrogen) atoms. The number of halogens is 1. The summed E-state index contributed by atoms with van der Waals surface area (Å²) in [6.45, 7) is 3.97. The fourth-order valence-corrected chi connectivity index (χ4v) is 2.71. The van der Waals surface area contributed by atoms with Gasteiger partial charge < -0.3 is 10.6 Å². The Morgan fingerprint density at radius 2 is 1.86 bits per heavy atom. The second-order valence-electron chi connectivity index (χ2n) is 5.14. The Balaban J connectivity index is 2.48. The number of hydrogen-bond acceptors (Lipinski definition) is 2. The highest BCUT2D eigenvalue weighted by Gasteiger charge is 2.20. The SMILES string of the molecule is Cc1cccc(C(N)=S)c1N(C)C(C)c1ccccc1F. The minimum atomic E-state index is -0.206. The summed E-state index contributed by atoms with van der Waals surface area (Å²) < 4.78 is 14.0. The Morgan fingerprint density at radius 3 is 2.48 bits per heavy atom. The van der Waals surface area contributed by atoms with E-state index in [2.05, 4.69) is 0 Å². The summed E-state index contributed by atoms with van der Waals surface area (Å²) >= 11 is 5.13. The third-order valence-electron chi connectivity index (χ3n) is 3.79. The summed E-state index contributed by atoms with van der Waals surface area (Å²) in [5, 5.41) is 0. The van der Waals surface area contributed by atoms with Gasteiger partial charge in [-0.3, -0.25) is 0 Å². The first-order valence-corrected chi connectivity index (χ1v) is 7.21. The molecular weight excluding hydrogens is 283 g/mol. The molecule has 0 bridgehead atoms. The predicted molar refractivity (Wildman–Crippen MR) is 90.3 cm³/mol. The van der Waals surface area contributed by atoms with Crippen LogP contribution in [0.3, 0.4) is 0 Å². The molecular formula is C17H19FN2S. The highest BCUT2D eigenvalue weighted by atomic mass is 32.1. The molecule has 0 aromatic heterocycles. The van der Waals surface area contributed by atoms with Crippen LogP contribution in [-0.4, -0.2) is 12.0 Å². The number of para-hydroxylation sites is 1. The van der Waals surface area contributed by atoms with Crippen molar-refractivity contribution in [2.75, 3.05) is 11.9 Å². The summed E-state index contributed by atoms with van der Waals surface area (Å²) in [5.74, 6) is -0.206. The van der Waals surface area contributed by atoms with Crippen molar-refractivity contribution in [3.8, 4) is 0 Å². The quantitative estimate of drug-likeness (QED) is 0.867. The molecule has 0 saturated heterocycles. The van der Waals surface area contributed by atoms with Crippen molar-refractivity contribution in [1.29, 1.82) is 0 Å². The lowest BCUT2D eigenvalue weighted by Crippen LogP contribution is -2.26. The van der Waals surface area contributed by atoms with Gasteiger partial charge in [-0.15, -0.1) is 0 Å². The zero-order valence-electron chi connectivity index (χ0n) is 12.4. The van der Waals surface area contributed by atoms with E-state index in [-0.39, 0.29) is 11.9 Å². The first-order valence-electron chi connectivity index (χ1n) is 6.80. The second kappa shape index (κ2) is 6.22. The standard InChI is InChI=1S/C17H19FN2S/c1-11-7-6-9-14(17(19)21)16(11)20(3)12(2)13-8-4-5-10-15(13)18/h4-10,12H,1-3H3,(H2,19,21). The highest BCUT2D eigenvalue weighted by Crippen LogP contribution is 2.32. The average Bonchev–Trinajstić information content (AvgIpc) is 2.46. The summed E-state index contributed by atoms with van der Waals surface area (Å²) in [6, 6.07) is 12.5. The Hall–Kier alpha value is -1.94. The van der Waals surface area contributed by atoms with Crippen LogP contribution in [0.1, 0.15) is 29.7 Å². The number of anilines is 1. The van der Waals surface area contributed by atoms with E-state index in [1.165, 1.54) is 6.07 Å². The largest absolute Gasteiger partial charge is 0.389 e. The molecule has 110 valence electrons. The molecule has 1 atom stereocenters. The average molecular weight is 302 g/mol. The molecule has 2 rings (SSSR count). The van der Waals surface area contributed by atoms with Crippen LogP contribution in [0.2, 0.25) is 0 Å². The zero-order chi connectivity index (χ0) is 15.6. The first-order chi connectivity index (χ1) is 9.93. The van der Waals surface area contributed by atoms with Crippen molar-refractivity contribution in [3.63, 3.8) is 0 Å². The molecule has 4 heteroatoms. The molecule has 2 aromatic carbocycles. The van der Waals surface area contributed by atoms with E-state index in [0.29, 0.717) is 10.6 Å². The minimum Gasteiger partial charge on any atom is -0.389 e. The van der Waals surface area contributed by atoms with Gasteiger partial charge in [-0.25, -0.2) is 4.39 Å². The van der Waals surface area contributed by atoms with Crippen LogP contribution >= 0.6 is 12.2 Å². The smallest absolute Gasteiger partial charge is 0.128 e. The minimum absolute atomic E-state index is 0.125. The van der Waals surface area contributed by atoms with E-state index in [9.17, 15) is 4.39 Å². The maximum Gasteiger partial charge on any atom is 0.128 e. The zero-order valence-corrected chi connectivity index (χ0v) is 13.2. The van der Waals surface area contributed by atoms with Crippen molar-refractivity contribution in [2.24, 2.45) is 5.73 Å². The Labute approximate surface area is 130 Å². The van der Waals surface area contributed by atoms with Crippen LogP contribution in [0.5, 0.6) is 0 Å². The van der Waals surface area contributed by atoms with Gasteiger partial charge in [0.25, 0.3) is 0 Å². The maximum absolute atomic E-state index is 14.0. The van der Waals surface area contributed by atoms with Crippen LogP contribution in [0.25, 0.3) is 0 Å². The van der Waals surface area contributed by atoms with E-state index in [0.717, 1.165) is 16.8 Å². The molecule has 2 nitrogen and oxygen atoms in total. The summed E-state index contributed by atoms with van der Waals surface area (Å²) in [6.07, 6.45) is 0. The third-order valence-corrected chi connectivity index (χ3v) is 4.01. The number of hydrogen-bond donors (Lipinski definition) is 1. The topological polar surface area (TPSA) is 29.3 Å². The summed E-state index contributed by atoms with van der Waals surface area (Å²) in [4.78, 5) is 2.36. The Bertz CT molecular complexity index is 670. The first kappa shape index (κ1) is 15.4. The van der Waals surface area contributed by atoms with E-state index in [1.807, 2.05) is 50.1 Å². The van der Waals surface area contributed by atoms with Gasteiger partial charge in [0.1, 0.15) is 10.8 Å². The molecule has 0 aliphatic carbocycles. The Kier molecular flexibility index (Phi) is 4.58. The fraction of sp³-hybridized carbons (Fsp3) is 0.235. The second-order valence-corrected chi connectivity index (χ2v) is 5.58. The number of nitrogens with two attached hydrogens (primary N) is 1. The normalized spacial score (nSPS) is 12.0. The molecule has 0 amide bonds. The van der Waals surface area contributed by atoms with E-state index in [4.69, 9.17) is 18.0 Å². The molecule has 0 spiro atoms. The van der Waals surface area contributed by atoms with Crippen molar-refractivity contribution in [2.45, 2.75) is 19.9 Å². The fourth-order valence-electron chi connectivity index (χ4n) is 2.54. The van der Waals surface area contributed by atoms with E-state index < -0.39 is 0 Å². The van der Waals surface area contributed by atoms with Gasteiger partial charge >= 0.3 is 0 Å². The number of thiocarbonyl (C=S) groups is 1. The number of aryl methyl sites for hydroxylation is 1. The van der Waals surface area contributed by atoms with Gasteiger partial charge in [-0.2, -0.15) is 0 Å². The summed E-state index contributed by atoms with van der Waals surface area (Å²) in [5.41, 5.74) is 9.29. The van der Waals surface area contributed by atoms with Crippen molar-refractivity contribution in [3.05, 3.63) is 65.0 Å². The van der Waals surface area contributed by atoms with Gasteiger partial charge in [0.15, 0.2) is 0 Å². The van der Waals surface area contributed by atoms with Gasteiger partial charge in [-0.1, -0.05) is 42.5 Å². The number of rotatable bonds is 4. The van der Waals surface area contributed by atoms with E-state index in [1.54, 1.807) is 12.1 Å². The van der Waals surface area contributed by atoms with E-state index >= 15 is 0 Å². The number of nitrogens with zero attached hydrogens (tertiary/aromatic N) is 1. The van der Waals surface area contributed by atoms with Crippen molar-refractivity contribution < 1.29 is 4.39 Å². The summed E-state index contributed by atoms with van der Waals surface area (Å²) in [7, 11) is 1.93. The molecule has 2 N–H and O–H groups in total. The van der Waals surface area contributed by atoms with Crippen LogP contribution in [0, 0.1) is 12.7 Å². The molecule has 1 unspecified atom stereocenters. The molecule has 0 heterocycles. The molecule has 0 aliphatic heterocycles. The Morgan fingerprint density at radius 1 is 1.19 bits per heavy atom. The lowest BCUT2D eigenvalue weighted by atomic mass is 10.0. The molecule has 0 fully saturated rings. The monoisotopic (exact) mass is 302 g/mol. The lowest BCUT2D eigenvalue weighted by molar-refractivity contribution is 0.585. The van der Waals surface area contributed by atoms with Gasteiger partial charge in [0, 0.05) is 18.2 Å². The van der Waals surface area contributed by atoms with Gasteiger partial charge in [0.2, 0.25) is 0 Å². The molecule has 0 aliphatic rings. The van der Waals surface area contributed by atoms with Crippen molar-refractivity contribution >= 4 is 22.9 Å². The van der Waals surface area contributed by atoms with Gasteiger partial charge in [0.05, 0.1) is 11.7 Å². The molecule has 0 saturated carbocycles. The maximum atomic E-state index is 14.0. The highest BCUT2D eigenvalue weighted by molar-refractivity contribution is 7.80. The predicted octanol–water partition coefficient (Wildman–Crippen LogP) is 3.97. The van der Waals surface area contributed by atoms with Crippen LogP contribution < -0.4 is 10.6 Å². The third kappa shape index (κ3) is 3.05. The van der Waals surface area contributed by atoms with Crippen LogP contribution in [0.4, 0.5) is 10.1 Å². The van der Waals surface area contributed by atoms with Gasteiger partial charge in [-0.05, 0) is 31.5 Å². The van der Waals surface area contributed by atoms with Crippen LogP contribution in [-0.2, 0) is 0 Å².